The summed E-state index contributed by atoms with van der Waals surface area (Å²) >= 11 is 1.17. The molecule has 170 valence electrons. The van der Waals surface area contributed by atoms with E-state index in [0.717, 1.165) is 11.4 Å². The fourth-order valence-electron chi connectivity index (χ4n) is 3.52. The number of thioether (sulfide) groups is 1. The van der Waals surface area contributed by atoms with Crippen LogP contribution in [0.25, 0.3) is 0 Å². The van der Waals surface area contributed by atoms with Gasteiger partial charge in [0.1, 0.15) is 0 Å². The van der Waals surface area contributed by atoms with E-state index in [9.17, 15) is 9.18 Å². The minimum absolute atomic E-state index is 0.0113. The van der Waals surface area contributed by atoms with E-state index in [0.29, 0.717) is 12.1 Å². The van der Waals surface area contributed by atoms with Crippen molar-refractivity contribution in [3.63, 3.8) is 0 Å². The van der Waals surface area contributed by atoms with Crippen molar-refractivity contribution in [3.05, 3.63) is 94.9 Å². The fraction of sp³-hybridized carbons (Fsp3) is 0.240. The van der Waals surface area contributed by atoms with Crippen molar-refractivity contribution in [1.82, 2.24) is 14.8 Å². The van der Waals surface area contributed by atoms with Crippen LogP contribution in [0.15, 0.2) is 70.3 Å². The van der Waals surface area contributed by atoms with Crippen LogP contribution < -0.4 is 4.74 Å². The van der Waals surface area contributed by atoms with E-state index in [-0.39, 0.29) is 28.4 Å². The van der Waals surface area contributed by atoms with Gasteiger partial charge in [-0.15, -0.1) is 10.2 Å². The van der Waals surface area contributed by atoms with Gasteiger partial charge in [0.15, 0.2) is 23.5 Å². The van der Waals surface area contributed by atoms with Crippen LogP contribution in [-0.2, 0) is 6.54 Å². The molecule has 2 heterocycles. The number of Topliss-reactive ketones (excluding diaryl/α,β-unsaturated/α-hetero) is 1. The highest BCUT2D eigenvalue weighted by molar-refractivity contribution is 7.99. The van der Waals surface area contributed by atoms with Crippen LogP contribution in [0.5, 0.6) is 5.75 Å². The number of aryl methyl sites for hydroxylation is 1. The highest BCUT2D eigenvalue weighted by Crippen LogP contribution is 2.26. The molecule has 0 amide bonds. The van der Waals surface area contributed by atoms with Crippen molar-refractivity contribution in [2.75, 3.05) is 5.75 Å². The Bertz CT molecular complexity index is 1250. The molecule has 0 aliphatic carbocycles. The van der Waals surface area contributed by atoms with E-state index in [1.807, 2.05) is 38.1 Å². The fourth-order valence-corrected chi connectivity index (χ4v) is 4.17. The molecule has 0 fully saturated rings. The third-order valence-corrected chi connectivity index (χ3v) is 6.11. The molecule has 4 aromatic rings. The molecule has 0 saturated carbocycles. The number of halogens is 1. The summed E-state index contributed by atoms with van der Waals surface area (Å²) in [6, 6.07) is 18.2. The van der Waals surface area contributed by atoms with Crippen LogP contribution >= 0.6 is 11.8 Å². The Hall–Kier alpha value is -3.39. The zero-order valence-electron chi connectivity index (χ0n) is 18.6. The Morgan fingerprint density at radius 1 is 1.12 bits per heavy atom. The van der Waals surface area contributed by atoms with Crippen molar-refractivity contribution >= 4 is 17.5 Å². The van der Waals surface area contributed by atoms with Gasteiger partial charge in [-0.05, 0) is 44.5 Å². The molecular formula is C25H24FN3O3S. The monoisotopic (exact) mass is 465 g/mol. The molecule has 0 aliphatic heterocycles. The molecule has 1 atom stereocenters. The molecule has 8 heteroatoms. The number of aromatic nitrogens is 3. The van der Waals surface area contributed by atoms with E-state index >= 15 is 0 Å². The van der Waals surface area contributed by atoms with E-state index in [2.05, 4.69) is 26.9 Å². The first-order chi connectivity index (χ1) is 15.9. The molecule has 33 heavy (non-hydrogen) atoms. The summed E-state index contributed by atoms with van der Waals surface area (Å²) in [5, 5.41) is 8.22. The molecule has 0 bridgehead atoms. The van der Waals surface area contributed by atoms with Crippen LogP contribution in [0.1, 0.15) is 46.2 Å². The number of ether oxygens (including phenoxy) is 1. The van der Waals surface area contributed by atoms with Crippen LogP contribution in [0.2, 0.25) is 0 Å². The third-order valence-electron chi connectivity index (χ3n) is 5.29. The standard InChI is InChI=1S/C25H24FN3O3S/c1-16-13-20(17(2)29(16)14-19-9-5-4-6-10-19)22(30)15-33-25-28-27-24(32-25)18(3)31-23-12-8-7-11-21(23)26/h4-13,18H,14-15H2,1-3H3. The summed E-state index contributed by atoms with van der Waals surface area (Å²) in [7, 11) is 0. The lowest BCUT2D eigenvalue weighted by atomic mass is 10.2. The maximum Gasteiger partial charge on any atom is 0.277 e. The quantitative estimate of drug-likeness (QED) is 0.230. The number of rotatable bonds is 9. The summed E-state index contributed by atoms with van der Waals surface area (Å²) in [5.41, 5.74) is 3.83. The third kappa shape index (κ3) is 5.34. The van der Waals surface area contributed by atoms with Gasteiger partial charge in [0, 0.05) is 23.5 Å². The Morgan fingerprint density at radius 3 is 2.61 bits per heavy atom. The number of carbonyl (C=O) groups is 1. The zero-order valence-corrected chi connectivity index (χ0v) is 19.4. The van der Waals surface area contributed by atoms with Crippen molar-refractivity contribution < 1.29 is 18.3 Å². The van der Waals surface area contributed by atoms with Crippen LogP contribution in [0.4, 0.5) is 4.39 Å². The normalized spacial score (nSPS) is 12.0. The first kappa shape index (κ1) is 22.8. The average Bonchev–Trinajstić information content (AvgIpc) is 3.40. The lowest BCUT2D eigenvalue weighted by Gasteiger charge is -2.11. The van der Waals surface area contributed by atoms with Gasteiger partial charge in [-0.1, -0.05) is 54.2 Å². The van der Waals surface area contributed by atoms with Crippen molar-refractivity contribution in [3.8, 4) is 5.75 Å². The second-order valence-corrected chi connectivity index (χ2v) is 8.59. The summed E-state index contributed by atoms with van der Waals surface area (Å²) in [4.78, 5) is 12.9. The Balaban J connectivity index is 1.38. The number of hydrogen-bond acceptors (Lipinski definition) is 6. The molecule has 1 unspecified atom stereocenters. The minimum atomic E-state index is -0.628. The highest BCUT2D eigenvalue weighted by Gasteiger charge is 2.20. The molecule has 6 nitrogen and oxygen atoms in total. The Labute approximate surface area is 195 Å². The smallest absolute Gasteiger partial charge is 0.277 e. The number of hydrogen-bond donors (Lipinski definition) is 0. The number of benzene rings is 2. The topological polar surface area (TPSA) is 70.2 Å². The summed E-state index contributed by atoms with van der Waals surface area (Å²) in [6.07, 6.45) is -0.628. The van der Waals surface area contributed by atoms with Crippen LogP contribution in [-0.4, -0.2) is 26.3 Å². The number of nitrogens with zero attached hydrogens (tertiary/aromatic N) is 3. The predicted molar refractivity (Wildman–Crippen MR) is 124 cm³/mol. The van der Waals surface area contributed by atoms with E-state index in [4.69, 9.17) is 9.15 Å². The molecule has 2 aromatic heterocycles. The molecule has 0 saturated heterocycles. The number of ketones is 1. The molecule has 0 N–H and O–H groups in total. The van der Waals surface area contributed by atoms with Crippen molar-refractivity contribution in [2.45, 2.75) is 38.6 Å². The summed E-state index contributed by atoms with van der Waals surface area (Å²) in [6.45, 7) is 6.37. The van der Waals surface area contributed by atoms with Gasteiger partial charge in [0.2, 0.25) is 0 Å². The number of carbonyl (C=O) groups excluding carboxylic acids is 1. The largest absolute Gasteiger partial charge is 0.478 e. The lowest BCUT2D eigenvalue weighted by molar-refractivity contribution is 0.102. The maximum absolute atomic E-state index is 13.8. The van der Waals surface area contributed by atoms with Crippen molar-refractivity contribution in [2.24, 2.45) is 0 Å². The predicted octanol–water partition coefficient (Wildman–Crippen LogP) is 5.79. The number of para-hydroxylation sites is 1. The van der Waals surface area contributed by atoms with Gasteiger partial charge in [0.25, 0.3) is 11.1 Å². The van der Waals surface area contributed by atoms with Gasteiger partial charge < -0.3 is 13.7 Å². The Kier molecular flexibility index (Phi) is 6.93. The zero-order chi connectivity index (χ0) is 23.4. The molecular weight excluding hydrogens is 441 g/mol. The van der Waals surface area contributed by atoms with Crippen molar-refractivity contribution in [1.29, 1.82) is 0 Å². The molecule has 4 rings (SSSR count). The summed E-state index contributed by atoms with van der Waals surface area (Å²) in [5.74, 6) is 0.0178. The molecule has 2 aromatic carbocycles. The lowest BCUT2D eigenvalue weighted by Crippen LogP contribution is -2.07. The first-order valence-corrected chi connectivity index (χ1v) is 11.5. The van der Waals surface area contributed by atoms with E-state index in [1.54, 1.807) is 19.1 Å². The van der Waals surface area contributed by atoms with E-state index in [1.165, 1.54) is 29.5 Å². The maximum atomic E-state index is 13.8. The van der Waals surface area contributed by atoms with Gasteiger partial charge in [0.05, 0.1) is 5.75 Å². The van der Waals surface area contributed by atoms with Crippen LogP contribution in [0.3, 0.4) is 0 Å². The SMILES string of the molecule is Cc1cc(C(=O)CSc2nnc(C(C)Oc3ccccc3F)o2)c(C)n1Cc1ccccc1. The first-order valence-electron chi connectivity index (χ1n) is 10.5. The van der Waals surface area contributed by atoms with Gasteiger partial charge in [-0.3, -0.25) is 4.79 Å². The average molecular weight is 466 g/mol. The minimum Gasteiger partial charge on any atom is -0.478 e. The molecule has 0 aliphatic rings. The molecule has 0 radical (unpaired) electrons. The summed E-state index contributed by atoms with van der Waals surface area (Å²) < 4.78 is 27.1. The molecule has 0 spiro atoms. The van der Waals surface area contributed by atoms with Gasteiger partial charge >= 0.3 is 0 Å². The van der Waals surface area contributed by atoms with E-state index < -0.39 is 11.9 Å². The van der Waals surface area contributed by atoms with Gasteiger partial charge in [-0.25, -0.2) is 4.39 Å². The second-order valence-electron chi connectivity index (χ2n) is 7.67. The second kappa shape index (κ2) is 10.0. The Morgan fingerprint density at radius 2 is 1.85 bits per heavy atom. The van der Waals surface area contributed by atoms with Crippen LogP contribution in [0, 0.1) is 19.7 Å². The van der Waals surface area contributed by atoms with Gasteiger partial charge in [-0.2, -0.15) is 0 Å². The highest BCUT2D eigenvalue weighted by atomic mass is 32.2.